The van der Waals surface area contributed by atoms with E-state index in [4.69, 9.17) is 0 Å². The van der Waals surface area contributed by atoms with Crippen LogP contribution < -0.4 is 0 Å². The molecule has 1 aliphatic carbocycles. The quantitative estimate of drug-likeness (QED) is 0.777. The smallest absolute Gasteiger partial charge is 0.223 e. The van der Waals surface area contributed by atoms with Crippen molar-refractivity contribution in [2.45, 2.75) is 51.0 Å². The maximum atomic E-state index is 12.4. The zero-order chi connectivity index (χ0) is 14.7. The molecule has 112 valence electrons. The molecule has 1 aromatic rings. The van der Waals surface area contributed by atoms with E-state index in [1.165, 1.54) is 19.3 Å². The van der Waals surface area contributed by atoms with Crippen LogP contribution in [0.3, 0.4) is 0 Å². The molecule has 0 spiro atoms. The fourth-order valence-corrected chi connectivity index (χ4v) is 3.39. The highest BCUT2D eigenvalue weighted by atomic mass is 16.2. The average Bonchev–Trinajstić information content (AvgIpc) is 2.92. The van der Waals surface area contributed by atoms with E-state index in [-0.39, 0.29) is 17.7 Å². The van der Waals surface area contributed by atoms with Gasteiger partial charge in [-0.15, -0.1) is 0 Å². The van der Waals surface area contributed by atoms with Gasteiger partial charge in [0.05, 0.1) is 0 Å². The second-order valence-corrected chi connectivity index (χ2v) is 6.38. The Bertz CT molecular complexity index is 507. The lowest BCUT2D eigenvalue weighted by Crippen LogP contribution is -2.38. The third-order valence-electron chi connectivity index (χ3n) is 4.90. The molecule has 3 heteroatoms. The van der Waals surface area contributed by atoms with Crippen LogP contribution in [0.15, 0.2) is 30.3 Å². The summed E-state index contributed by atoms with van der Waals surface area (Å²) in [4.78, 5) is 26.7. The number of hydrogen-bond donors (Lipinski definition) is 0. The van der Waals surface area contributed by atoms with Crippen LogP contribution in [-0.4, -0.2) is 29.2 Å². The van der Waals surface area contributed by atoms with Crippen molar-refractivity contribution in [1.82, 2.24) is 4.90 Å². The van der Waals surface area contributed by atoms with Gasteiger partial charge < -0.3 is 4.90 Å². The van der Waals surface area contributed by atoms with Crippen LogP contribution in [0.1, 0.15) is 55.3 Å². The molecular weight excluding hydrogens is 262 g/mol. The maximum absolute atomic E-state index is 12.4. The highest BCUT2D eigenvalue weighted by Crippen LogP contribution is 2.31. The topological polar surface area (TPSA) is 37.4 Å². The van der Waals surface area contributed by atoms with Gasteiger partial charge in [0.1, 0.15) is 0 Å². The van der Waals surface area contributed by atoms with Gasteiger partial charge in [-0.05, 0) is 31.6 Å². The van der Waals surface area contributed by atoms with Crippen LogP contribution in [0.4, 0.5) is 0 Å². The van der Waals surface area contributed by atoms with E-state index in [2.05, 4.69) is 0 Å². The fourth-order valence-electron chi connectivity index (χ4n) is 3.39. The Labute approximate surface area is 126 Å². The van der Waals surface area contributed by atoms with E-state index in [9.17, 15) is 9.59 Å². The van der Waals surface area contributed by atoms with E-state index >= 15 is 0 Å². The molecule has 0 bridgehead atoms. The highest BCUT2D eigenvalue weighted by molar-refractivity contribution is 5.96. The summed E-state index contributed by atoms with van der Waals surface area (Å²) >= 11 is 0. The summed E-state index contributed by atoms with van der Waals surface area (Å²) in [6, 6.07) is 9.53. The molecule has 1 aliphatic heterocycles. The van der Waals surface area contributed by atoms with E-state index in [1.54, 1.807) is 0 Å². The van der Waals surface area contributed by atoms with Gasteiger partial charge in [0, 0.05) is 31.0 Å². The molecule has 1 aromatic carbocycles. The van der Waals surface area contributed by atoms with Crippen molar-refractivity contribution in [3.63, 3.8) is 0 Å². The van der Waals surface area contributed by atoms with Crippen LogP contribution in [-0.2, 0) is 4.79 Å². The molecule has 1 amide bonds. The molecule has 2 aliphatic rings. The van der Waals surface area contributed by atoms with Gasteiger partial charge in [0.25, 0.3) is 0 Å². The summed E-state index contributed by atoms with van der Waals surface area (Å²) < 4.78 is 0. The van der Waals surface area contributed by atoms with Crippen molar-refractivity contribution in [3.8, 4) is 0 Å². The highest BCUT2D eigenvalue weighted by Gasteiger charge is 2.32. The minimum atomic E-state index is 0.116. The van der Waals surface area contributed by atoms with E-state index in [0.29, 0.717) is 18.8 Å². The molecule has 3 nitrogen and oxygen atoms in total. The Morgan fingerprint density at radius 3 is 2.43 bits per heavy atom. The van der Waals surface area contributed by atoms with Gasteiger partial charge in [-0.25, -0.2) is 0 Å². The Morgan fingerprint density at radius 2 is 1.76 bits per heavy atom. The van der Waals surface area contributed by atoms with Gasteiger partial charge in [-0.3, -0.25) is 9.59 Å². The number of nitrogens with zero attached hydrogens (tertiary/aromatic N) is 1. The van der Waals surface area contributed by atoms with Crippen LogP contribution in [0.5, 0.6) is 0 Å². The molecule has 3 rings (SSSR count). The first kappa shape index (κ1) is 14.3. The van der Waals surface area contributed by atoms with E-state index in [1.807, 2.05) is 35.2 Å². The van der Waals surface area contributed by atoms with Crippen molar-refractivity contribution in [2.24, 2.45) is 5.92 Å². The van der Waals surface area contributed by atoms with E-state index < -0.39 is 0 Å². The molecule has 1 saturated carbocycles. The number of carbonyl (C=O) groups excluding carboxylic acids is 2. The molecular formula is C18H23NO2. The minimum Gasteiger partial charge on any atom is -0.339 e. The zero-order valence-corrected chi connectivity index (χ0v) is 12.5. The Balaban J connectivity index is 1.58. The molecule has 1 unspecified atom stereocenters. The number of ketones is 1. The molecule has 1 atom stereocenters. The average molecular weight is 285 g/mol. The summed E-state index contributed by atoms with van der Waals surface area (Å²) in [5, 5.41) is 0. The lowest BCUT2D eigenvalue weighted by Gasteiger charge is -2.30. The zero-order valence-electron chi connectivity index (χ0n) is 12.5. The van der Waals surface area contributed by atoms with Crippen LogP contribution >= 0.6 is 0 Å². The maximum Gasteiger partial charge on any atom is 0.223 e. The van der Waals surface area contributed by atoms with Crippen molar-refractivity contribution in [2.75, 3.05) is 6.54 Å². The Morgan fingerprint density at radius 1 is 1.00 bits per heavy atom. The van der Waals surface area contributed by atoms with Gasteiger partial charge in [-0.1, -0.05) is 36.8 Å². The monoisotopic (exact) mass is 285 g/mol. The molecule has 21 heavy (non-hydrogen) atoms. The van der Waals surface area contributed by atoms with Gasteiger partial charge >= 0.3 is 0 Å². The first-order chi connectivity index (χ1) is 10.2. The predicted molar refractivity (Wildman–Crippen MR) is 82.1 cm³/mol. The Hall–Kier alpha value is -1.64. The first-order valence-corrected chi connectivity index (χ1v) is 8.12. The SMILES string of the molecule is O=C(CC1CCCN1C(=O)CC1CCC1)c1ccccc1. The van der Waals surface area contributed by atoms with Crippen LogP contribution in [0.25, 0.3) is 0 Å². The third kappa shape index (κ3) is 3.34. The standard InChI is InChI=1S/C18H23NO2/c20-17(15-8-2-1-3-9-15)13-16-10-5-11-19(16)18(21)12-14-6-4-7-14/h1-3,8-9,14,16H,4-7,10-13H2. The lowest BCUT2D eigenvalue weighted by molar-refractivity contribution is -0.133. The Kier molecular flexibility index (Phi) is 4.37. The lowest BCUT2D eigenvalue weighted by atomic mass is 9.82. The van der Waals surface area contributed by atoms with Crippen LogP contribution in [0.2, 0.25) is 0 Å². The fraction of sp³-hybridized carbons (Fsp3) is 0.556. The molecule has 0 N–H and O–H groups in total. The minimum absolute atomic E-state index is 0.116. The third-order valence-corrected chi connectivity index (χ3v) is 4.90. The number of amides is 1. The summed E-state index contributed by atoms with van der Waals surface area (Å²) in [6.07, 6.45) is 6.84. The summed E-state index contributed by atoms with van der Waals surface area (Å²) in [7, 11) is 0. The second-order valence-electron chi connectivity index (χ2n) is 6.38. The first-order valence-electron chi connectivity index (χ1n) is 8.12. The molecule has 2 fully saturated rings. The number of carbonyl (C=O) groups is 2. The summed E-state index contributed by atoms with van der Waals surface area (Å²) in [5.41, 5.74) is 0.760. The van der Waals surface area contributed by atoms with Gasteiger partial charge in [0.15, 0.2) is 5.78 Å². The van der Waals surface area contributed by atoms with Crippen molar-refractivity contribution >= 4 is 11.7 Å². The summed E-state index contributed by atoms with van der Waals surface area (Å²) in [5.74, 6) is 1.02. The number of likely N-dealkylation sites (tertiary alicyclic amines) is 1. The number of Topliss-reactive ketones (excluding diaryl/α,β-unsaturated/α-hetero) is 1. The molecule has 1 heterocycles. The second kappa shape index (κ2) is 6.42. The number of benzene rings is 1. The number of hydrogen-bond acceptors (Lipinski definition) is 2. The van der Waals surface area contributed by atoms with Gasteiger partial charge in [-0.2, -0.15) is 0 Å². The molecule has 0 aromatic heterocycles. The number of rotatable bonds is 5. The molecule has 0 radical (unpaired) electrons. The van der Waals surface area contributed by atoms with Crippen molar-refractivity contribution < 1.29 is 9.59 Å². The van der Waals surface area contributed by atoms with Crippen molar-refractivity contribution in [3.05, 3.63) is 35.9 Å². The predicted octanol–water partition coefficient (Wildman–Crippen LogP) is 3.44. The van der Waals surface area contributed by atoms with Crippen molar-refractivity contribution in [1.29, 1.82) is 0 Å². The van der Waals surface area contributed by atoms with Gasteiger partial charge in [0.2, 0.25) is 5.91 Å². The molecule has 1 saturated heterocycles. The van der Waals surface area contributed by atoms with Crippen LogP contribution in [0, 0.1) is 5.92 Å². The largest absolute Gasteiger partial charge is 0.339 e. The summed E-state index contributed by atoms with van der Waals surface area (Å²) in [6.45, 7) is 0.832. The van der Waals surface area contributed by atoms with E-state index in [0.717, 1.165) is 24.9 Å². The normalized spacial score (nSPS) is 22.1.